The first-order chi connectivity index (χ1) is 12.6. The summed E-state index contributed by atoms with van der Waals surface area (Å²) in [6.45, 7) is 1.22. The average molecular weight is 449 g/mol. The fraction of sp³-hybridized carbons (Fsp3) is 0.176. The highest BCUT2D eigenvalue weighted by Crippen LogP contribution is 2.28. The Morgan fingerprint density at radius 2 is 1.89 bits per heavy atom. The van der Waals surface area contributed by atoms with Crippen LogP contribution in [0.5, 0.6) is 0 Å². The molecule has 2 rings (SSSR count). The van der Waals surface area contributed by atoms with Crippen LogP contribution in [0.1, 0.15) is 11.1 Å². The number of nitrogens with zero attached hydrogens (tertiary/aromatic N) is 2. The predicted molar refractivity (Wildman–Crippen MR) is 111 cm³/mol. The van der Waals surface area contributed by atoms with Gasteiger partial charge in [0.1, 0.15) is 6.54 Å². The van der Waals surface area contributed by atoms with Crippen molar-refractivity contribution in [2.24, 2.45) is 5.10 Å². The molecule has 0 aliphatic carbocycles. The van der Waals surface area contributed by atoms with E-state index in [0.717, 1.165) is 10.6 Å². The highest BCUT2D eigenvalue weighted by molar-refractivity contribution is 7.92. The molecule has 27 heavy (non-hydrogen) atoms. The zero-order valence-corrected chi connectivity index (χ0v) is 17.5. The molecule has 0 saturated heterocycles. The molecule has 2 aromatic carbocycles. The molecule has 0 aliphatic rings. The molecule has 0 aliphatic heterocycles. The van der Waals surface area contributed by atoms with Gasteiger partial charge in [0, 0.05) is 15.6 Å². The number of anilines is 1. The van der Waals surface area contributed by atoms with Crippen molar-refractivity contribution in [1.82, 2.24) is 5.43 Å². The van der Waals surface area contributed by atoms with Crippen molar-refractivity contribution in [1.29, 1.82) is 0 Å². The minimum atomic E-state index is -3.71. The Bertz CT molecular complexity index is 994. The second-order valence-electron chi connectivity index (χ2n) is 5.61. The van der Waals surface area contributed by atoms with E-state index in [9.17, 15) is 13.2 Å². The molecule has 0 unspecified atom stereocenters. The summed E-state index contributed by atoms with van der Waals surface area (Å²) in [7, 11) is -3.71. The van der Waals surface area contributed by atoms with Crippen LogP contribution in [0.25, 0.3) is 0 Å². The highest BCUT2D eigenvalue weighted by Gasteiger charge is 2.22. The summed E-state index contributed by atoms with van der Waals surface area (Å²) in [4.78, 5) is 12.2. The van der Waals surface area contributed by atoms with Gasteiger partial charge in [-0.3, -0.25) is 9.10 Å². The summed E-state index contributed by atoms with van der Waals surface area (Å²) in [5, 5.41) is 5.04. The van der Waals surface area contributed by atoms with Crippen LogP contribution in [0.15, 0.2) is 41.5 Å². The lowest BCUT2D eigenvalue weighted by Crippen LogP contribution is -2.39. The maximum absolute atomic E-state index is 12.2. The number of hydrogen-bond acceptors (Lipinski definition) is 4. The Balaban J connectivity index is 2.15. The number of carbonyl (C=O) groups is 1. The molecule has 0 fully saturated rings. The zero-order chi connectivity index (χ0) is 20.2. The molecule has 0 spiro atoms. The SMILES string of the molecule is Cc1c(Cl)cccc1N(CC(=O)N/N=C\c1ccc(Cl)cc1Cl)S(C)(=O)=O. The topological polar surface area (TPSA) is 78.8 Å². The third-order valence-corrected chi connectivity index (χ3v) is 5.65. The van der Waals surface area contributed by atoms with Gasteiger partial charge in [-0.15, -0.1) is 0 Å². The maximum atomic E-state index is 12.2. The van der Waals surface area contributed by atoms with E-state index < -0.39 is 22.5 Å². The number of halogens is 3. The van der Waals surface area contributed by atoms with Crippen LogP contribution in [0.3, 0.4) is 0 Å². The van der Waals surface area contributed by atoms with Crippen LogP contribution in [-0.4, -0.2) is 33.3 Å². The van der Waals surface area contributed by atoms with Crippen LogP contribution < -0.4 is 9.73 Å². The Labute approximate surface area is 172 Å². The predicted octanol–water partition coefficient (Wildman–Crippen LogP) is 3.87. The fourth-order valence-electron chi connectivity index (χ4n) is 2.19. The molecule has 0 aromatic heterocycles. The first-order valence-corrected chi connectivity index (χ1v) is 10.6. The van der Waals surface area contributed by atoms with E-state index in [1.807, 2.05) is 0 Å². The zero-order valence-electron chi connectivity index (χ0n) is 14.4. The van der Waals surface area contributed by atoms with Crippen LogP contribution in [0.2, 0.25) is 15.1 Å². The minimum Gasteiger partial charge on any atom is -0.271 e. The second-order valence-corrected chi connectivity index (χ2v) is 8.77. The molecule has 10 heteroatoms. The Morgan fingerprint density at radius 1 is 1.19 bits per heavy atom. The van der Waals surface area contributed by atoms with Crippen molar-refractivity contribution in [3.05, 3.63) is 62.6 Å². The van der Waals surface area contributed by atoms with Crippen molar-refractivity contribution in [2.75, 3.05) is 17.1 Å². The number of rotatable bonds is 6. The number of benzene rings is 2. The van der Waals surface area contributed by atoms with Gasteiger partial charge in [-0.1, -0.05) is 46.9 Å². The van der Waals surface area contributed by atoms with E-state index in [1.165, 1.54) is 6.21 Å². The molecule has 0 bridgehead atoms. The second kappa shape index (κ2) is 8.93. The molecule has 6 nitrogen and oxygen atoms in total. The molecule has 0 heterocycles. The van der Waals surface area contributed by atoms with Gasteiger partial charge in [0.15, 0.2) is 0 Å². The molecule has 0 saturated carbocycles. The summed E-state index contributed by atoms with van der Waals surface area (Å²) < 4.78 is 25.2. The number of carbonyl (C=O) groups excluding carboxylic acids is 1. The summed E-state index contributed by atoms with van der Waals surface area (Å²) in [6.07, 6.45) is 2.35. The van der Waals surface area contributed by atoms with Gasteiger partial charge in [-0.2, -0.15) is 5.10 Å². The molecule has 2 aromatic rings. The van der Waals surface area contributed by atoms with E-state index in [0.29, 0.717) is 31.9 Å². The van der Waals surface area contributed by atoms with Crippen LogP contribution in [0, 0.1) is 6.92 Å². The molecular formula is C17H16Cl3N3O3S. The lowest BCUT2D eigenvalue weighted by atomic mass is 10.2. The summed E-state index contributed by atoms with van der Waals surface area (Å²) >= 11 is 17.9. The van der Waals surface area contributed by atoms with Gasteiger partial charge >= 0.3 is 0 Å². The van der Waals surface area contributed by atoms with Crippen molar-refractivity contribution in [2.45, 2.75) is 6.92 Å². The van der Waals surface area contributed by atoms with E-state index in [2.05, 4.69) is 10.5 Å². The number of hydrazone groups is 1. The minimum absolute atomic E-state index is 0.324. The number of sulfonamides is 1. The number of amides is 1. The Morgan fingerprint density at radius 3 is 2.52 bits per heavy atom. The van der Waals surface area contributed by atoms with E-state index in [1.54, 1.807) is 43.3 Å². The molecule has 1 amide bonds. The van der Waals surface area contributed by atoms with Crippen molar-refractivity contribution in [3.8, 4) is 0 Å². The summed E-state index contributed by atoms with van der Waals surface area (Å²) in [6, 6.07) is 9.64. The summed E-state index contributed by atoms with van der Waals surface area (Å²) in [5.74, 6) is -0.624. The third kappa shape index (κ3) is 5.84. The van der Waals surface area contributed by atoms with E-state index in [4.69, 9.17) is 34.8 Å². The smallest absolute Gasteiger partial charge is 0.260 e. The molecule has 0 atom stereocenters. The quantitative estimate of drug-likeness (QED) is 0.538. The third-order valence-electron chi connectivity index (χ3n) is 3.55. The van der Waals surface area contributed by atoms with Gasteiger partial charge < -0.3 is 0 Å². The van der Waals surface area contributed by atoms with E-state index >= 15 is 0 Å². The Kier molecular flexibility index (Phi) is 7.11. The van der Waals surface area contributed by atoms with Crippen LogP contribution in [0.4, 0.5) is 5.69 Å². The first kappa shape index (κ1) is 21.5. The lowest BCUT2D eigenvalue weighted by molar-refractivity contribution is -0.119. The van der Waals surface area contributed by atoms with Crippen LogP contribution in [-0.2, 0) is 14.8 Å². The van der Waals surface area contributed by atoms with E-state index in [-0.39, 0.29) is 0 Å². The Hall–Kier alpha value is -1.80. The van der Waals surface area contributed by atoms with Gasteiger partial charge in [-0.05, 0) is 36.8 Å². The maximum Gasteiger partial charge on any atom is 0.260 e. The van der Waals surface area contributed by atoms with Crippen molar-refractivity contribution >= 4 is 62.6 Å². The van der Waals surface area contributed by atoms with Crippen molar-refractivity contribution in [3.63, 3.8) is 0 Å². The normalized spacial score (nSPS) is 11.6. The largest absolute Gasteiger partial charge is 0.271 e. The van der Waals surface area contributed by atoms with Gasteiger partial charge in [0.05, 0.1) is 23.2 Å². The van der Waals surface area contributed by atoms with Gasteiger partial charge in [0.2, 0.25) is 10.0 Å². The standard InChI is InChI=1S/C17H16Cl3N3O3S/c1-11-14(19)4-3-5-16(11)23(27(2,25)26)10-17(24)22-21-9-12-6-7-13(18)8-15(12)20/h3-9H,10H2,1-2H3,(H,22,24)/b21-9-. The fourth-order valence-corrected chi connectivity index (χ4v) is 3.73. The van der Waals surface area contributed by atoms with Crippen molar-refractivity contribution < 1.29 is 13.2 Å². The molecular weight excluding hydrogens is 433 g/mol. The monoisotopic (exact) mass is 447 g/mol. The average Bonchev–Trinajstić information content (AvgIpc) is 2.56. The molecule has 0 radical (unpaired) electrons. The number of hydrogen-bond donors (Lipinski definition) is 1. The van der Waals surface area contributed by atoms with Crippen LogP contribution >= 0.6 is 34.8 Å². The first-order valence-electron chi connectivity index (χ1n) is 7.59. The molecule has 1 N–H and O–H groups in total. The lowest BCUT2D eigenvalue weighted by Gasteiger charge is -2.23. The number of nitrogens with one attached hydrogen (secondary N) is 1. The highest BCUT2D eigenvalue weighted by atomic mass is 35.5. The molecule has 144 valence electrons. The van der Waals surface area contributed by atoms with Gasteiger partial charge in [-0.25, -0.2) is 13.8 Å². The summed E-state index contributed by atoms with van der Waals surface area (Å²) in [5.41, 5.74) is 3.70. The van der Waals surface area contributed by atoms with Gasteiger partial charge in [0.25, 0.3) is 5.91 Å².